The number of nitrogen functional groups attached to an aromatic ring is 1. The molecule has 1 heterocycles. The number of halogens is 2. The van der Waals surface area contributed by atoms with Gasteiger partial charge in [0.2, 0.25) is 0 Å². The molecule has 2 aromatic carbocycles. The molecule has 3 aromatic rings. The second-order valence-corrected chi connectivity index (χ2v) is 6.58. The van der Waals surface area contributed by atoms with Crippen molar-refractivity contribution >= 4 is 24.1 Å². The summed E-state index contributed by atoms with van der Waals surface area (Å²) in [6, 6.07) is 12.8. The number of hydrazine groups is 1. The Hall–Kier alpha value is -3.69. The van der Waals surface area contributed by atoms with Crippen molar-refractivity contribution in [1.29, 1.82) is 0 Å². The van der Waals surface area contributed by atoms with Crippen LogP contribution in [-0.2, 0) is 0 Å². The van der Waals surface area contributed by atoms with E-state index in [9.17, 15) is 8.78 Å². The normalized spacial score (nSPS) is 12.5. The van der Waals surface area contributed by atoms with Gasteiger partial charge in [-0.3, -0.25) is 5.01 Å². The largest absolute Gasteiger partial charge is 0.383 e. The number of pyridine rings is 1. The third-order valence-corrected chi connectivity index (χ3v) is 4.51. The lowest BCUT2D eigenvalue weighted by Crippen LogP contribution is -2.39. The summed E-state index contributed by atoms with van der Waals surface area (Å²) >= 11 is 0. The third-order valence-electron chi connectivity index (χ3n) is 4.51. The molecule has 9 heteroatoms. The van der Waals surface area contributed by atoms with Crippen LogP contribution in [-0.4, -0.2) is 17.5 Å². The van der Waals surface area contributed by atoms with E-state index in [-0.39, 0.29) is 28.9 Å². The van der Waals surface area contributed by atoms with Crippen molar-refractivity contribution in [1.82, 2.24) is 4.98 Å². The van der Waals surface area contributed by atoms with Gasteiger partial charge in [0.1, 0.15) is 5.82 Å². The molecular formula is C21H21F2N7. The number of amidine groups is 1. The van der Waals surface area contributed by atoms with Crippen molar-refractivity contribution < 1.29 is 8.78 Å². The van der Waals surface area contributed by atoms with Crippen molar-refractivity contribution in [3.63, 3.8) is 0 Å². The van der Waals surface area contributed by atoms with E-state index in [4.69, 9.17) is 17.3 Å². The van der Waals surface area contributed by atoms with Gasteiger partial charge in [-0.1, -0.05) is 30.3 Å². The molecule has 3 rings (SSSR count). The molecule has 1 atom stereocenters. The van der Waals surface area contributed by atoms with E-state index in [0.717, 1.165) is 22.2 Å². The standard InChI is InChI=1S/C21H21F2N7/c1-12(24)13-6-8-14(9-7-13)15-10-16(20(25)28-11-15)21(29-27-2)30(26)18-5-3-4-17(22)19(18)23/h3-12H,2,24,26H2,1H3,(H2,25,28)/b29-21-/t12-/m1/s1. The fourth-order valence-electron chi connectivity index (χ4n) is 2.88. The Labute approximate surface area is 172 Å². The molecule has 0 aliphatic carbocycles. The first-order chi connectivity index (χ1) is 14.3. The van der Waals surface area contributed by atoms with E-state index in [1.54, 1.807) is 12.3 Å². The molecule has 0 aliphatic rings. The first-order valence-corrected chi connectivity index (χ1v) is 8.97. The summed E-state index contributed by atoms with van der Waals surface area (Å²) in [6.07, 6.45) is 1.59. The third kappa shape index (κ3) is 4.17. The van der Waals surface area contributed by atoms with Crippen LogP contribution in [0.3, 0.4) is 0 Å². The van der Waals surface area contributed by atoms with Gasteiger partial charge < -0.3 is 11.5 Å². The van der Waals surface area contributed by atoms with Gasteiger partial charge in [0.25, 0.3) is 0 Å². The molecule has 0 saturated heterocycles. The van der Waals surface area contributed by atoms with E-state index in [1.807, 2.05) is 31.2 Å². The molecular weight excluding hydrogens is 388 g/mol. The topological polar surface area (TPSA) is 119 Å². The van der Waals surface area contributed by atoms with Crippen molar-refractivity contribution in [2.45, 2.75) is 13.0 Å². The molecule has 0 unspecified atom stereocenters. The summed E-state index contributed by atoms with van der Waals surface area (Å²) in [5.41, 5.74) is 14.5. The van der Waals surface area contributed by atoms with Crippen LogP contribution >= 0.6 is 0 Å². The number of aromatic nitrogens is 1. The Morgan fingerprint density at radius 2 is 1.83 bits per heavy atom. The number of nitrogens with two attached hydrogens (primary N) is 3. The Morgan fingerprint density at radius 1 is 1.13 bits per heavy atom. The number of hydrogen-bond donors (Lipinski definition) is 3. The Bertz CT molecular complexity index is 1100. The zero-order chi connectivity index (χ0) is 21.8. The lowest BCUT2D eigenvalue weighted by molar-refractivity contribution is 0.509. The lowest BCUT2D eigenvalue weighted by Gasteiger charge is -2.21. The summed E-state index contributed by atoms with van der Waals surface area (Å²) in [4.78, 5) is 4.19. The van der Waals surface area contributed by atoms with Crippen LogP contribution in [0, 0.1) is 11.6 Å². The highest BCUT2D eigenvalue weighted by Gasteiger charge is 2.21. The maximum absolute atomic E-state index is 14.3. The van der Waals surface area contributed by atoms with E-state index in [2.05, 4.69) is 21.9 Å². The van der Waals surface area contributed by atoms with Crippen LogP contribution in [0.25, 0.3) is 11.1 Å². The van der Waals surface area contributed by atoms with Gasteiger partial charge in [-0.15, -0.1) is 5.10 Å². The second-order valence-electron chi connectivity index (χ2n) is 6.58. The SMILES string of the molecule is C=N/N=C(/c1cc(-c2ccc([C@@H](C)N)cc2)cnc1N)N(N)c1cccc(F)c1F. The highest BCUT2D eigenvalue weighted by Crippen LogP contribution is 2.27. The molecule has 7 nitrogen and oxygen atoms in total. The molecule has 0 fully saturated rings. The zero-order valence-corrected chi connectivity index (χ0v) is 16.3. The zero-order valence-electron chi connectivity index (χ0n) is 16.3. The average Bonchev–Trinajstić information content (AvgIpc) is 2.74. The Morgan fingerprint density at radius 3 is 2.47 bits per heavy atom. The van der Waals surface area contributed by atoms with E-state index in [0.29, 0.717) is 5.56 Å². The van der Waals surface area contributed by atoms with Crippen LogP contribution in [0.5, 0.6) is 0 Å². The van der Waals surface area contributed by atoms with Crippen molar-refractivity contribution in [3.8, 4) is 11.1 Å². The highest BCUT2D eigenvalue weighted by molar-refractivity contribution is 6.12. The van der Waals surface area contributed by atoms with Crippen molar-refractivity contribution in [2.24, 2.45) is 21.8 Å². The van der Waals surface area contributed by atoms with E-state index in [1.165, 1.54) is 12.1 Å². The molecule has 0 aliphatic heterocycles. The number of hydrogen-bond acceptors (Lipinski definition) is 6. The van der Waals surface area contributed by atoms with Crippen LogP contribution in [0.1, 0.15) is 24.1 Å². The second kappa shape index (κ2) is 8.76. The molecule has 0 spiro atoms. The van der Waals surface area contributed by atoms with Crippen molar-refractivity contribution in [2.75, 3.05) is 10.7 Å². The van der Waals surface area contributed by atoms with Crippen molar-refractivity contribution in [3.05, 3.63) is 77.5 Å². The average molecular weight is 409 g/mol. The maximum atomic E-state index is 14.3. The number of anilines is 2. The quantitative estimate of drug-likeness (QED) is 0.258. The minimum atomic E-state index is -1.13. The van der Waals surface area contributed by atoms with Gasteiger partial charge in [0.15, 0.2) is 17.5 Å². The monoisotopic (exact) mass is 409 g/mol. The van der Waals surface area contributed by atoms with E-state index < -0.39 is 11.6 Å². The van der Waals surface area contributed by atoms with Crippen LogP contribution in [0.15, 0.2) is 64.9 Å². The van der Waals surface area contributed by atoms with Gasteiger partial charge in [-0.05, 0) is 36.2 Å². The van der Waals surface area contributed by atoms with Gasteiger partial charge in [-0.25, -0.2) is 19.6 Å². The lowest BCUT2D eigenvalue weighted by atomic mass is 10.0. The highest BCUT2D eigenvalue weighted by atomic mass is 19.2. The number of rotatable bonds is 5. The predicted octanol–water partition coefficient (Wildman–Crippen LogP) is 3.37. The summed E-state index contributed by atoms with van der Waals surface area (Å²) in [6.45, 7) is 5.21. The first-order valence-electron chi connectivity index (χ1n) is 8.97. The summed E-state index contributed by atoms with van der Waals surface area (Å²) in [7, 11) is 0. The first kappa shape index (κ1) is 21.0. The summed E-state index contributed by atoms with van der Waals surface area (Å²) < 4.78 is 27.9. The smallest absolute Gasteiger partial charge is 0.183 e. The van der Waals surface area contributed by atoms with Gasteiger partial charge in [0.05, 0.1) is 11.3 Å². The fourth-order valence-corrected chi connectivity index (χ4v) is 2.88. The summed E-state index contributed by atoms with van der Waals surface area (Å²) in [5, 5.41) is 8.22. The van der Waals surface area contributed by atoms with Gasteiger partial charge >= 0.3 is 0 Å². The summed E-state index contributed by atoms with van der Waals surface area (Å²) in [5.74, 6) is 3.90. The minimum absolute atomic E-state index is 0.0476. The number of nitrogens with zero attached hydrogens (tertiary/aromatic N) is 4. The molecule has 0 radical (unpaired) electrons. The molecule has 1 aromatic heterocycles. The molecule has 0 bridgehead atoms. The molecule has 0 amide bonds. The minimum Gasteiger partial charge on any atom is -0.383 e. The predicted molar refractivity (Wildman–Crippen MR) is 116 cm³/mol. The van der Waals surface area contributed by atoms with Crippen LogP contribution in [0.4, 0.5) is 20.3 Å². The molecule has 154 valence electrons. The fraction of sp³-hybridized carbons (Fsp3) is 0.0952. The Balaban J connectivity index is 2.07. The maximum Gasteiger partial charge on any atom is 0.183 e. The molecule has 0 saturated carbocycles. The number of benzene rings is 2. The van der Waals surface area contributed by atoms with Crippen LogP contribution in [0.2, 0.25) is 0 Å². The van der Waals surface area contributed by atoms with Gasteiger partial charge in [-0.2, -0.15) is 5.10 Å². The van der Waals surface area contributed by atoms with E-state index >= 15 is 0 Å². The molecule has 6 N–H and O–H groups in total. The molecule has 30 heavy (non-hydrogen) atoms. The Kier molecular flexibility index (Phi) is 6.14. The van der Waals surface area contributed by atoms with Gasteiger partial charge in [0, 0.05) is 24.5 Å². The van der Waals surface area contributed by atoms with Crippen LogP contribution < -0.4 is 22.3 Å².